The number of rotatable bonds is 7. The van der Waals surface area contributed by atoms with Gasteiger partial charge in [-0.2, -0.15) is 0 Å². The van der Waals surface area contributed by atoms with Gasteiger partial charge in [-0.25, -0.2) is 0 Å². The van der Waals surface area contributed by atoms with Gasteiger partial charge < -0.3 is 15.4 Å². The fourth-order valence-corrected chi connectivity index (χ4v) is 2.29. The number of nitrogens with one attached hydrogen (secondary N) is 2. The van der Waals surface area contributed by atoms with Crippen molar-refractivity contribution in [3.63, 3.8) is 0 Å². The minimum absolute atomic E-state index is 0.0562. The second-order valence-electron chi connectivity index (χ2n) is 6.34. The Labute approximate surface area is 144 Å². The lowest BCUT2D eigenvalue weighted by molar-refractivity contribution is -0.114. The molecular formula is C20H26N2O2. The van der Waals surface area contributed by atoms with Crippen LogP contribution in [0.2, 0.25) is 0 Å². The Kier molecular flexibility index (Phi) is 6.24. The molecular weight excluding hydrogens is 300 g/mol. The van der Waals surface area contributed by atoms with E-state index in [0.717, 1.165) is 5.69 Å². The number of carbonyl (C=O) groups excluding carboxylic acids is 1. The van der Waals surface area contributed by atoms with Gasteiger partial charge in [0.25, 0.3) is 0 Å². The van der Waals surface area contributed by atoms with E-state index in [4.69, 9.17) is 4.74 Å². The van der Waals surface area contributed by atoms with Gasteiger partial charge in [-0.05, 0) is 49.6 Å². The fraction of sp³-hybridized carbons (Fsp3) is 0.350. The molecule has 0 aliphatic carbocycles. The van der Waals surface area contributed by atoms with Gasteiger partial charge in [-0.3, -0.25) is 4.79 Å². The predicted molar refractivity (Wildman–Crippen MR) is 99.9 cm³/mol. The van der Waals surface area contributed by atoms with Crippen LogP contribution in [0.1, 0.15) is 39.2 Å². The first kappa shape index (κ1) is 17.9. The predicted octanol–water partition coefficient (Wildman–Crippen LogP) is 4.65. The fourth-order valence-electron chi connectivity index (χ4n) is 2.29. The summed E-state index contributed by atoms with van der Waals surface area (Å²) in [6.45, 7) is 8.44. The van der Waals surface area contributed by atoms with Crippen molar-refractivity contribution in [3.8, 4) is 5.75 Å². The van der Waals surface area contributed by atoms with Crippen molar-refractivity contribution >= 4 is 17.3 Å². The van der Waals surface area contributed by atoms with Crippen molar-refractivity contribution in [1.29, 1.82) is 0 Å². The lowest BCUT2D eigenvalue weighted by Crippen LogP contribution is -2.22. The summed E-state index contributed by atoms with van der Waals surface area (Å²) in [5, 5.41) is 6.03. The van der Waals surface area contributed by atoms with Gasteiger partial charge in [0.1, 0.15) is 5.75 Å². The van der Waals surface area contributed by atoms with Crippen LogP contribution >= 0.6 is 0 Å². The first-order valence-corrected chi connectivity index (χ1v) is 8.35. The van der Waals surface area contributed by atoms with Gasteiger partial charge in [-0.1, -0.05) is 38.1 Å². The van der Waals surface area contributed by atoms with Crippen LogP contribution < -0.4 is 15.4 Å². The summed E-state index contributed by atoms with van der Waals surface area (Å²) in [4.78, 5) is 12.2. The molecule has 1 amide bonds. The molecule has 0 atom stereocenters. The molecule has 0 fully saturated rings. The number of anilines is 2. The molecule has 0 saturated carbocycles. The second kappa shape index (κ2) is 8.39. The molecule has 4 heteroatoms. The highest BCUT2D eigenvalue weighted by Gasteiger charge is 2.08. The molecule has 2 rings (SSSR count). The summed E-state index contributed by atoms with van der Waals surface area (Å²) in [7, 11) is 0. The van der Waals surface area contributed by atoms with Gasteiger partial charge in [-0.15, -0.1) is 0 Å². The van der Waals surface area contributed by atoms with Crippen LogP contribution in [-0.2, 0) is 4.79 Å². The van der Waals surface area contributed by atoms with Crippen molar-refractivity contribution in [2.75, 3.05) is 17.2 Å². The number of para-hydroxylation sites is 2. The van der Waals surface area contributed by atoms with Crippen molar-refractivity contribution in [1.82, 2.24) is 0 Å². The average molecular weight is 326 g/mol. The molecule has 0 aromatic heterocycles. The topological polar surface area (TPSA) is 50.4 Å². The molecule has 0 radical (unpaired) electrons. The van der Waals surface area contributed by atoms with Crippen LogP contribution in [0.4, 0.5) is 11.4 Å². The minimum Gasteiger partial charge on any atom is -0.489 e. The molecule has 2 aromatic rings. The molecule has 2 N–H and O–H groups in total. The van der Waals surface area contributed by atoms with Gasteiger partial charge in [0.15, 0.2) is 0 Å². The first-order valence-electron chi connectivity index (χ1n) is 8.35. The Morgan fingerprint density at radius 1 is 1.00 bits per heavy atom. The van der Waals surface area contributed by atoms with Crippen LogP contribution in [0.25, 0.3) is 0 Å². The Balaban J connectivity index is 1.92. The smallest absolute Gasteiger partial charge is 0.243 e. The molecule has 0 spiro atoms. The highest BCUT2D eigenvalue weighted by Crippen LogP contribution is 2.24. The minimum atomic E-state index is -0.109. The number of hydrogen-bond donors (Lipinski definition) is 2. The molecule has 0 bridgehead atoms. The lowest BCUT2D eigenvalue weighted by Gasteiger charge is -2.15. The van der Waals surface area contributed by atoms with Crippen LogP contribution in [0.3, 0.4) is 0 Å². The second-order valence-corrected chi connectivity index (χ2v) is 6.34. The Hall–Kier alpha value is -2.49. The molecule has 0 aliphatic heterocycles. The summed E-state index contributed by atoms with van der Waals surface area (Å²) in [6.07, 6.45) is 0.0562. The molecule has 0 unspecified atom stereocenters. The van der Waals surface area contributed by atoms with Crippen molar-refractivity contribution in [2.45, 2.75) is 39.7 Å². The van der Waals surface area contributed by atoms with Crippen LogP contribution in [0.15, 0.2) is 48.5 Å². The molecule has 0 aliphatic rings. The Bertz CT molecular complexity index is 664. The van der Waals surface area contributed by atoms with Gasteiger partial charge in [0.2, 0.25) is 5.91 Å². The lowest BCUT2D eigenvalue weighted by atomic mass is 10.0. The summed E-state index contributed by atoms with van der Waals surface area (Å²) in [6, 6.07) is 15.6. The molecule has 0 saturated heterocycles. The maximum atomic E-state index is 12.2. The average Bonchev–Trinajstić information content (AvgIpc) is 2.54. The zero-order valence-electron chi connectivity index (χ0n) is 14.8. The van der Waals surface area contributed by atoms with E-state index in [0.29, 0.717) is 17.4 Å². The maximum Gasteiger partial charge on any atom is 0.243 e. The number of carbonyl (C=O) groups is 1. The van der Waals surface area contributed by atoms with E-state index in [9.17, 15) is 4.79 Å². The van der Waals surface area contributed by atoms with Crippen molar-refractivity contribution < 1.29 is 9.53 Å². The zero-order valence-corrected chi connectivity index (χ0v) is 14.8. The van der Waals surface area contributed by atoms with E-state index in [1.54, 1.807) is 0 Å². The van der Waals surface area contributed by atoms with Crippen LogP contribution in [-0.4, -0.2) is 18.6 Å². The SMILES string of the molecule is CC(C)Oc1ccccc1NC(=O)CNc1ccc(C(C)C)cc1. The number of ether oxygens (including phenoxy) is 1. The van der Waals surface area contributed by atoms with Gasteiger partial charge in [0, 0.05) is 5.69 Å². The first-order chi connectivity index (χ1) is 11.5. The summed E-state index contributed by atoms with van der Waals surface area (Å²) < 4.78 is 5.71. The third-order valence-corrected chi connectivity index (χ3v) is 3.55. The largest absolute Gasteiger partial charge is 0.489 e. The maximum absolute atomic E-state index is 12.2. The van der Waals surface area contributed by atoms with E-state index in [1.807, 2.05) is 50.2 Å². The monoisotopic (exact) mass is 326 g/mol. The zero-order chi connectivity index (χ0) is 17.5. The normalized spacial score (nSPS) is 10.8. The quantitative estimate of drug-likeness (QED) is 0.779. The number of hydrogen-bond acceptors (Lipinski definition) is 3. The van der Waals surface area contributed by atoms with Crippen LogP contribution in [0, 0.1) is 0 Å². The summed E-state index contributed by atoms with van der Waals surface area (Å²) in [5.41, 5.74) is 2.90. The molecule has 4 nitrogen and oxygen atoms in total. The summed E-state index contributed by atoms with van der Waals surface area (Å²) >= 11 is 0. The van der Waals surface area contributed by atoms with E-state index >= 15 is 0 Å². The Morgan fingerprint density at radius 3 is 2.29 bits per heavy atom. The van der Waals surface area contributed by atoms with Gasteiger partial charge in [0.05, 0.1) is 18.3 Å². The third kappa shape index (κ3) is 5.30. The van der Waals surface area contributed by atoms with E-state index in [-0.39, 0.29) is 18.6 Å². The number of benzene rings is 2. The van der Waals surface area contributed by atoms with E-state index < -0.39 is 0 Å². The standard InChI is InChI=1S/C20H26N2O2/c1-14(2)16-9-11-17(12-10-16)21-13-20(23)22-18-7-5-6-8-19(18)24-15(3)4/h5-12,14-15,21H,13H2,1-4H3,(H,22,23). The van der Waals surface area contributed by atoms with Crippen molar-refractivity contribution in [3.05, 3.63) is 54.1 Å². The highest BCUT2D eigenvalue weighted by atomic mass is 16.5. The van der Waals surface area contributed by atoms with E-state index in [1.165, 1.54) is 5.56 Å². The molecule has 0 heterocycles. The molecule has 24 heavy (non-hydrogen) atoms. The Morgan fingerprint density at radius 2 is 1.67 bits per heavy atom. The molecule has 2 aromatic carbocycles. The number of amides is 1. The van der Waals surface area contributed by atoms with E-state index in [2.05, 4.69) is 36.6 Å². The summed E-state index contributed by atoms with van der Waals surface area (Å²) in [5.74, 6) is 1.07. The third-order valence-electron chi connectivity index (χ3n) is 3.55. The highest BCUT2D eigenvalue weighted by molar-refractivity contribution is 5.95. The molecule has 128 valence electrons. The van der Waals surface area contributed by atoms with Gasteiger partial charge >= 0.3 is 0 Å². The van der Waals surface area contributed by atoms with Crippen LogP contribution in [0.5, 0.6) is 5.75 Å². The van der Waals surface area contributed by atoms with Crippen molar-refractivity contribution in [2.24, 2.45) is 0 Å².